The third kappa shape index (κ3) is 6.34. The van der Waals surface area contributed by atoms with E-state index in [2.05, 4.69) is 10.6 Å². The van der Waals surface area contributed by atoms with Gasteiger partial charge in [0.05, 0.1) is 5.92 Å². The number of nitrogens with two attached hydrogens (primary N) is 1. The first kappa shape index (κ1) is 21.9. The van der Waals surface area contributed by atoms with Crippen molar-refractivity contribution < 1.29 is 14.4 Å². The molecule has 7 heteroatoms. The first-order valence-electron chi connectivity index (χ1n) is 10.0. The van der Waals surface area contributed by atoms with Crippen molar-refractivity contribution in [2.45, 2.75) is 39.2 Å². The van der Waals surface area contributed by atoms with Crippen LogP contribution in [0.3, 0.4) is 0 Å². The molecular formula is C21H32N4O3. The molecule has 1 fully saturated rings. The number of carbonyl (C=O) groups excluding carboxylic acids is 3. The number of piperidine rings is 1. The molecule has 154 valence electrons. The molecule has 0 saturated carbocycles. The van der Waals surface area contributed by atoms with E-state index >= 15 is 0 Å². The minimum Gasteiger partial charge on any atom is -0.355 e. The number of hydrogen-bond acceptors (Lipinski definition) is 4. The molecule has 0 radical (unpaired) electrons. The largest absolute Gasteiger partial charge is 0.355 e. The van der Waals surface area contributed by atoms with Crippen LogP contribution in [0.5, 0.6) is 0 Å². The van der Waals surface area contributed by atoms with E-state index in [1.807, 2.05) is 44.2 Å². The van der Waals surface area contributed by atoms with Gasteiger partial charge in [-0.05, 0) is 24.3 Å². The molecule has 2 atom stereocenters. The zero-order valence-electron chi connectivity index (χ0n) is 16.8. The molecule has 0 aromatic heterocycles. The maximum atomic E-state index is 13.3. The fourth-order valence-corrected chi connectivity index (χ4v) is 3.44. The fraction of sp³-hybridized carbons (Fsp3) is 0.571. The van der Waals surface area contributed by atoms with E-state index in [-0.39, 0.29) is 29.6 Å². The molecule has 1 aliphatic heterocycles. The monoisotopic (exact) mass is 388 g/mol. The van der Waals surface area contributed by atoms with Crippen molar-refractivity contribution in [2.24, 2.45) is 17.6 Å². The normalized spacial score (nSPS) is 17.9. The smallest absolute Gasteiger partial charge is 0.249 e. The van der Waals surface area contributed by atoms with Crippen LogP contribution in [0.1, 0.15) is 44.7 Å². The van der Waals surface area contributed by atoms with Crippen molar-refractivity contribution in [1.29, 1.82) is 0 Å². The van der Waals surface area contributed by atoms with E-state index in [1.165, 1.54) is 0 Å². The second kappa shape index (κ2) is 10.8. The number of likely N-dealkylation sites (tertiary alicyclic amines) is 1. The number of hydrogen-bond donors (Lipinski definition) is 3. The molecule has 1 saturated heterocycles. The van der Waals surface area contributed by atoms with Crippen molar-refractivity contribution >= 4 is 17.7 Å². The number of nitrogens with zero attached hydrogens (tertiary/aromatic N) is 1. The van der Waals surface area contributed by atoms with Gasteiger partial charge in [0, 0.05) is 32.6 Å². The molecule has 1 aromatic rings. The van der Waals surface area contributed by atoms with E-state index in [4.69, 9.17) is 5.73 Å². The zero-order chi connectivity index (χ0) is 20.5. The van der Waals surface area contributed by atoms with E-state index in [0.29, 0.717) is 32.6 Å². The van der Waals surface area contributed by atoms with Gasteiger partial charge in [-0.25, -0.2) is 0 Å². The SMILES string of the molecule is CC(C)CC(=O)NC(C(=O)N1CCCC(C(=O)NCCN)C1)c1ccccc1. The average Bonchev–Trinajstić information content (AvgIpc) is 2.70. The standard InChI is InChI=1S/C21H32N4O3/c1-15(2)13-18(26)24-19(16-7-4-3-5-8-16)21(28)25-12-6-9-17(14-25)20(27)23-11-10-22/h3-5,7-8,15,17,19H,6,9-14,22H2,1-2H3,(H,23,27)(H,24,26). The number of nitrogens with one attached hydrogen (secondary N) is 2. The van der Waals surface area contributed by atoms with Crippen molar-refractivity contribution in [3.8, 4) is 0 Å². The minimum absolute atomic E-state index is 0.0666. The molecule has 28 heavy (non-hydrogen) atoms. The second-order valence-electron chi connectivity index (χ2n) is 7.71. The van der Waals surface area contributed by atoms with E-state index in [9.17, 15) is 14.4 Å². The highest BCUT2D eigenvalue weighted by atomic mass is 16.2. The van der Waals surface area contributed by atoms with E-state index < -0.39 is 6.04 Å². The van der Waals surface area contributed by atoms with Crippen LogP contribution in [0.4, 0.5) is 0 Å². The minimum atomic E-state index is -0.738. The average molecular weight is 389 g/mol. The van der Waals surface area contributed by atoms with Crippen LogP contribution in [0.15, 0.2) is 30.3 Å². The summed E-state index contributed by atoms with van der Waals surface area (Å²) in [4.78, 5) is 39.6. The van der Waals surface area contributed by atoms with Gasteiger partial charge >= 0.3 is 0 Å². The maximum absolute atomic E-state index is 13.3. The van der Waals surface area contributed by atoms with E-state index in [1.54, 1.807) is 4.90 Å². The molecule has 1 heterocycles. The third-order valence-corrected chi connectivity index (χ3v) is 4.83. The topological polar surface area (TPSA) is 105 Å². The van der Waals surface area contributed by atoms with Gasteiger partial charge in [0.15, 0.2) is 0 Å². The summed E-state index contributed by atoms with van der Waals surface area (Å²) in [6.07, 6.45) is 1.87. The Morgan fingerprint density at radius 3 is 2.57 bits per heavy atom. The summed E-state index contributed by atoms with van der Waals surface area (Å²) in [7, 11) is 0. The van der Waals surface area contributed by atoms with Crippen LogP contribution in [0.2, 0.25) is 0 Å². The van der Waals surface area contributed by atoms with Crippen LogP contribution < -0.4 is 16.4 Å². The number of amides is 3. The summed E-state index contributed by atoms with van der Waals surface area (Å²) in [6.45, 7) is 5.70. The lowest BCUT2D eigenvalue weighted by Crippen LogP contribution is -2.50. The Hall–Kier alpha value is -2.41. The lowest BCUT2D eigenvalue weighted by atomic mass is 9.95. The molecule has 1 aromatic carbocycles. The Bertz CT molecular complexity index is 663. The quantitative estimate of drug-likeness (QED) is 0.622. The second-order valence-corrected chi connectivity index (χ2v) is 7.71. The predicted molar refractivity (Wildman–Crippen MR) is 108 cm³/mol. The number of carbonyl (C=O) groups is 3. The molecular weight excluding hydrogens is 356 g/mol. The van der Waals surface area contributed by atoms with Crippen LogP contribution in [-0.2, 0) is 14.4 Å². The van der Waals surface area contributed by atoms with Crippen molar-refractivity contribution in [3.63, 3.8) is 0 Å². The van der Waals surface area contributed by atoms with Gasteiger partial charge in [-0.1, -0.05) is 44.2 Å². The Morgan fingerprint density at radius 2 is 1.93 bits per heavy atom. The molecule has 3 amide bonds. The van der Waals surface area contributed by atoms with Crippen molar-refractivity contribution in [1.82, 2.24) is 15.5 Å². The lowest BCUT2D eigenvalue weighted by Gasteiger charge is -2.34. The number of rotatable bonds is 8. The lowest BCUT2D eigenvalue weighted by molar-refractivity contribution is -0.140. The molecule has 0 aliphatic carbocycles. The first-order chi connectivity index (χ1) is 13.4. The van der Waals surface area contributed by atoms with Crippen molar-refractivity contribution in [3.05, 3.63) is 35.9 Å². The highest BCUT2D eigenvalue weighted by Gasteiger charge is 2.33. The molecule has 2 rings (SSSR count). The van der Waals surface area contributed by atoms with Gasteiger partial charge in [0.2, 0.25) is 17.7 Å². The Labute approximate surface area is 167 Å². The molecule has 0 spiro atoms. The summed E-state index contributed by atoms with van der Waals surface area (Å²) in [6, 6.07) is 8.52. The van der Waals surface area contributed by atoms with Gasteiger partial charge in [-0.3, -0.25) is 14.4 Å². The zero-order valence-corrected chi connectivity index (χ0v) is 16.8. The third-order valence-electron chi connectivity index (χ3n) is 4.83. The highest BCUT2D eigenvalue weighted by molar-refractivity contribution is 5.89. The maximum Gasteiger partial charge on any atom is 0.249 e. The summed E-state index contributed by atoms with van der Waals surface area (Å²) in [5.74, 6) is -0.418. The molecule has 1 aliphatic rings. The Morgan fingerprint density at radius 1 is 1.21 bits per heavy atom. The van der Waals surface area contributed by atoms with Crippen molar-refractivity contribution in [2.75, 3.05) is 26.2 Å². The fourth-order valence-electron chi connectivity index (χ4n) is 3.44. The van der Waals surface area contributed by atoms with Gasteiger partial charge in [0.1, 0.15) is 6.04 Å². The van der Waals surface area contributed by atoms with E-state index in [0.717, 1.165) is 18.4 Å². The van der Waals surface area contributed by atoms with Gasteiger partial charge < -0.3 is 21.3 Å². The highest BCUT2D eigenvalue weighted by Crippen LogP contribution is 2.22. The van der Waals surface area contributed by atoms with Gasteiger partial charge in [-0.15, -0.1) is 0 Å². The van der Waals surface area contributed by atoms with Crippen LogP contribution in [0, 0.1) is 11.8 Å². The first-order valence-corrected chi connectivity index (χ1v) is 10.0. The van der Waals surface area contributed by atoms with Gasteiger partial charge in [0.25, 0.3) is 0 Å². The molecule has 7 nitrogen and oxygen atoms in total. The van der Waals surface area contributed by atoms with Crippen LogP contribution in [-0.4, -0.2) is 48.8 Å². The Kier molecular flexibility index (Phi) is 8.44. The molecule has 0 bridgehead atoms. The predicted octanol–water partition coefficient (Wildman–Crippen LogP) is 1.20. The summed E-state index contributed by atoms with van der Waals surface area (Å²) >= 11 is 0. The summed E-state index contributed by atoms with van der Waals surface area (Å²) in [5, 5.41) is 5.70. The molecule has 2 unspecified atom stereocenters. The van der Waals surface area contributed by atoms with Gasteiger partial charge in [-0.2, -0.15) is 0 Å². The van der Waals surface area contributed by atoms with Crippen LogP contribution in [0.25, 0.3) is 0 Å². The Balaban J connectivity index is 2.12. The molecule has 4 N–H and O–H groups in total. The van der Waals surface area contributed by atoms with Crippen LogP contribution >= 0.6 is 0 Å². The summed E-state index contributed by atoms with van der Waals surface area (Å²) in [5.41, 5.74) is 6.20. The number of benzene rings is 1. The summed E-state index contributed by atoms with van der Waals surface area (Å²) < 4.78 is 0.